The van der Waals surface area contributed by atoms with E-state index in [0.29, 0.717) is 24.6 Å². The highest BCUT2D eigenvalue weighted by Gasteiger charge is 2.23. The van der Waals surface area contributed by atoms with Gasteiger partial charge in [0.15, 0.2) is 0 Å². The number of aromatic nitrogens is 1. The molecule has 1 amide bonds. The molecule has 4 N–H and O–H groups in total. The Morgan fingerprint density at radius 1 is 1.20 bits per heavy atom. The molecule has 1 fully saturated rings. The molecular weight excluding hydrogens is 340 g/mol. The molecule has 0 saturated heterocycles. The van der Waals surface area contributed by atoms with Crippen molar-refractivity contribution < 1.29 is 13.2 Å². The average molecular weight is 360 g/mol. The van der Waals surface area contributed by atoms with Gasteiger partial charge in [-0.25, -0.2) is 13.6 Å². The number of nitrogens with two attached hydrogens (primary N) is 1. The summed E-state index contributed by atoms with van der Waals surface area (Å²) in [5.41, 5.74) is 2.29. The SMILES string of the molecule is NS(=O)(=O)c1ccc(CCNc2cncc(C(=O)NC3CC3)c2)cc1. The van der Waals surface area contributed by atoms with Crippen molar-refractivity contribution in [1.82, 2.24) is 10.3 Å². The van der Waals surface area contributed by atoms with Crippen molar-refractivity contribution in [2.24, 2.45) is 5.14 Å². The lowest BCUT2D eigenvalue weighted by molar-refractivity contribution is 0.0950. The molecule has 8 heteroatoms. The molecule has 0 radical (unpaired) electrons. The zero-order valence-electron chi connectivity index (χ0n) is 13.6. The highest BCUT2D eigenvalue weighted by molar-refractivity contribution is 7.89. The minimum absolute atomic E-state index is 0.0998. The van der Waals surface area contributed by atoms with Gasteiger partial charge in [0.25, 0.3) is 5.91 Å². The van der Waals surface area contributed by atoms with E-state index in [9.17, 15) is 13.2 Å². The van der Waals surface area contributed by atoms with Gasteiger partial charge in [0.05, 0.1) is 16.1 Å². The van der Waals surface area contributed by atoms with E-state index in [1.807, 2.05) is 0 Å². The Hall–Kier alpha value is -2.45. The average Bonchev–Trinajstić information content (AvgIpc) is 3.39. The lowest BCUT2D eigenvalue weighted by Crippen LogP contribution is -2.25. The molecule has 0 bridgehead atoms. The van der Waals surface area contributed by atoms with Crippen LogP contribution in [-0.2, 0) is 16.4 Å². The molecule has 1 aromatic carbocycles. The lowest BCUT2D eigenvalue weighted by Gasteiger charge is -2.08. The maximum Gasteiger partial charge on any atom is 0.253 e. The number of sulfonamides is 1. The van der Waals surface area contributed by atoms with Crippen LogP contribution in [-0.4, -0.2) is 31.9 Å². The molecule has 1 saturated carbocycles. The van der Waals surface area contributed by atoms with Crippen LogP contribution in [0.15, 0.2) is 47.6 Å². The summed E-state index contributed by atoms with van der Waals surface area (Å²) >= 11 is 0. The van der Waals surface area contributed by atoms with Crippen molar-refractivity contribution in [3.05, 3.63) is 53.9 Å². The Balaban J connectivity index is 1.54. The van der Waals surface area contributed by atoms with Gasteiger partial charge in [-0.05, 0) is 43.0 Å². The summed E-state index contributed by atoms with van der Waals surface area (Å²) < 4.78 is 22.5. The molecule has 1 aliphatic carbocycles. The number of rotatable bonds is 7. The highest BCUT2D eigenvalue weighted by Crippen LogP contribution is 2.19. The van der Waals surface area contributed by atoms with E-state index >= 15 is 0 Å². The number of nitrogens with zero attached hydrogens (tertiary/aromatic N) is 1. The third-order valence-electron chi connectivity index (χ3n) is 3.91. The minimum atomic E-state index is -3.66. The Morgan fingerprint density at radius 3 is 2.56 bits per heavy atom. The zero-order chi connectivity index (χ0) is 17.9. The van der Waals surface area contributed by atoms with Crippen LogP contribution >= 0.6 is 0 Å². The van der Waals surface area contributed by atoms with Gasteiger partial charge in [-0.3, -0.25) is 9.78 Å². The van der Waals surface area contributed by atoms with Crippen molar-refractivity contribution in [3.8, 4) is 0 Å². The standard InChI is InChI=1S/C17H20N4O3S/c18-25(23,24)16-5-1-12(2-6-16)7-8-20-15-9-13(10-19-11-15)17(22)21-14-3-4-14/h1-2,5-6,9-11,14,20H,3-4,7-8H2,(H,21,22)(H2,18,23,24). The topological polar surface area (TPSA) is 114 Å². The smallest absolute Gasteiger partial charge is 0.253 e. The molecule has 1 heterocycles. The zero-order valence-corrected chi connectivity index (χ0v) is 14.4. The van der Waals surface area contributed by atoms with Crippen LogP contribution in [0.25, 0.3) is 0 Å². The number of hydrogen-bond donors (Lipinski definition) is 3. The van der Waals surface area contributed by atoms with Crippen LogP contribution in [0.3, 0.4) is 0 Å². The van der Waals surface area contributed by atoms with E-state index in [1.54, 1.807) is 30.6 Å². The van der Waals surface area contributed by atoms with Crippen LogP contribution < -0.4 is 15.8 Å². The molecule has 0 unspecified atom stereocenters. The van der Waals surface area contributed by atoms with Gasteiger partial charge in [0.1, 0.15) is 0 Å². The van der Waals surface area contributed by atoms with Crippen LogP contribution in [0.1, 0.15) is 28.8 Å². The summed E-state index contributed by atoms with van der Waals surface area (Å²) in [4.78, 5) is 16.2. The van der Waals surface area contributed by atoms with Gasteiger partial charge in [-0.1, -0.05) is 12.1 Å². The molecule has 25 heavy (non-hydrogen) atoms. The molecule has 3 rings (SSSR count). The fourth-order valence-corrected chi connectivity index (χ4v) is 2.87. The third kappa shape index (κ3) is 5.01. The quantitative estimate of drug-likeness (QED) is 0.688. The number of primary sulfonamides is 1. The Morgan fingerprint density at radius 2 is 1.92 bits per heavy atom. The Kier molecular flexibility index (Phi) is 5.00. The maximum atomic E-state index is 12.0. The summed E-state index contributed by atoms with van der Waals surface area (Å²) in [5, 5.41) is 11.2. The molecule has 1 aromatic heterocycles. The lowest BCUT2D eigenvalue weighted by atomic mass is 10.1. The third-order valence-corrected chi connectivity index (χ3v) is 4.84. The molecule has 0 aliphatic heterocycles. The van der Waals surface area contributed by atoms with E-state index in [1.165, 1.54) is 12.1 Å². The number of carbonyl (C=O) groups is 1. The second-order valence-electron chi connectivity index (χ2n) is 6.08. The fourth-order valence-electron chi connectivity index (χ4n) is 2.35. The minimum Gasteiger partial charge on any atom is -0.383 e. The monoisotopic (exact) mass is 360 g/mol. The number of carbonyl (C=O) groups excluding carboxylic acids is 1. The van der Waals surface area contributed by atoms with E-state index in [4.69, 9.17) is 5.14 Å². The van der Waals surface area contributed by atoms with Gasteiger partial charge >= 0.3 is 0 Å². The number of amides is 1. The van der Waals surface area contributed by atoms with Crippen LogP contribution in [0.2, 0.25) is 0 Å². The maximum absolute atomic E-state index is 12.0. The molecule has 0 spiro atoms. The van der Waals surface area contributed by atoms with E-state index in [0.717, 1.165) is 24.1 Å². The first-order valence-corrected chi connectivity index (χ1v) is 9.58. The Bertz CT molecular complexity index is 862. The second-order valence-corrected chi connectivity index (χ2v) is 7.64. The van der Waals surface area contributed by atoms with E-state index in [-0.39, 0.29) is 10.8 Å². The van der Waals surface area contributed by atoms with Gasteiger partial charge in [0, 0.05) is 25.0 Å². The molecule has 132 valence electrons. The predicted molar refractivity (Wildman–Crippen MR) is 94.7 cm³/mol. The number of anilines is 1. The second kappa shape index (κ2) is 7.20. The number of nitrogens with one attached hydrogen (secondary N) is 2. The number of benzene rings is 1. The fraction of sp³-hybridized carbons (Fsp3) is 0.294. The van der Waals surface area contributed by atoms with Gasteiger partial charge < -0.3 is 10.6 Å². The molecule has 1 aliphatic rings. The van der Waals surface area contributed by atoms with Crippen molar-refractivity contribution in [1.29, 1.82) is 0 Å². The molecule has 2 aromatic rings. The summed E-state index contributed by atoms with van der Waals surface area (Å²) in [7, 11) is -3.66. The van der Waals surface area contributed by atoms with Crippen LogP contribution in [0, 0.1) is 0 Å². The van der Waals surface area contributed by atoms with Gasteiger partial charge in [-0.15, -0.1) is 0 Å². The van der Waals surface area contributed by atoms with Gasteiger partial charge in [-0.2, -0.15) is 0 Å². The largest absolute Gasteiger partial charge is 0.383 e. The predicted octanol–water partition coefficient (Wildman–Crippen LogP) is 1.28. The normalized spacial score (nSPS) is 14.1. The van der Waals surface area contributed by atoms with Crippen LogP contribution in [0.4, 0.5) is 5.69 Å². The summed E-state index contributed by atoms with van der Waals surface area (Å²) in [5.74, 6) is -0.0998. The molecular formula is C17H20N4O3S. The van der Waals surface area contributed by atoms with Crippen molar-refractivity contribution in [3.63, 3.8) is 0 Å². The summed E-state index contributed by atoms with van der Waals surface area (Å²) in [6.45, 7) is 0.629. The summed E-state index contributed by atoms with van der Waals surface area (Å²) in [6.07, 6.45) is 6.00. The molecule has 7 nitrogen and oxygen atoms in total. The van der Waals surface area contributed by atoms with E-state index in [2.05, 4.69) is 15.6 Å². The van der Waals surface area contributed by atoms with Crippen LogP contribution in [0.5, 0.6) is 0 Å². The first kappa shape index (κ1) is 17.4. The van der Waals surface area contributed by atoms with E-state index < -0.39 is 10.0 Å². The first-order valence-electron chi connectivity index (χ1n) is 8.03. The van der Waals surface area contributed by atoms with Crippen molar-refractivity contribution in [2.45, 2.75) is 30.2 Å². The van der Waals surface area contributed by atoms with Gasteiger partial charge in [0.2, 0.25) is 10.0 Å². The Labute approximate surface area is 146 Å². The number of pyridine rings is 1. The number of hydrogen-bond acceptors (Lipinski definition) is 5. The van der Waals surface area contributed by atoms with Crippen molar-refractivity contribution in [2.75, 3.05) is 11.9 Å². The van der Waals surface area contributed by atoms with Crippen molar-refractivity contribution >= 4 is 21.6 Å². The highest BCUT2D eigenvalue weighted by atomic mass is 32.2. The molecule has 0 atom stereocenters. The first-order chi connectivity index (χ1) is 11.9. The summed E-state index contributed by atoms with van der Waals surface area (Å²) in [6, 6.07) is 8.54.